The van der Waals surface area contributed by atoms with Crippen LogP contribution in [0.2, 0.25) is 0 Å². The summed E-state index contributed by atoms with van der Waals surface area (Å²) in [6.45, 7) is 2.57. The lowest BCUT2D eigenvalue weighted by molar-refractivity contribution is -0.335. The van der Waals surface area contributed by atoms with Gasteiger partial charge in [-0.1, -0.05) is 183 Å². The molecule has 13 nitrogen and oxygen atoms in total. The van der Waals surface area contributed by atoms with Crippen LogP contribution in [-0.2, 0) is 73.8 Å². The minimum atomic E-state index is -1.41. The SMILES string of the molecule is CCS[C@@H]1O[C@H](CO[C@@H]2O[C@H](COCc3ccccc3)[C@@H](OCc3ccccc3)[C@H](OCc3ccccc3)[C@H]2OCc2ccccc2)[C@@H](OC(=O)c2ccccc2)[C@H](OC(=O)c2ccccc2)[C@H]1OC(=O)c1ccccc1. The molecular weight excluding hydrogens is 997 g/mol. The summed E-state index contributed by atoms with van der Waals surface area (Å²) in [4.78, 5) is 42.6. The number of thioether (sulfide) groups is 1. The van der Waals surface area contributed by atoms with Crippen molar-refractivity contribution in [2.75, 3.05) is 19.0 Å². The quantitative estimate of drug-likeness (QED) is 0.0418. The molecule has 0 bridgehead atoms. The van der Waals surface area contributed by atoms with Crippen LogP contribution in [0.25, 0.3) is 0 Å². The van der Waals surface area contributed by atoms with Crippen molar-refractivity contribution in [3.05, 3.63) is 251 Å². The van der Waals surface area contributed by atoms with Gasteiger partial charge in [0.1, 0.15) is 36.0 Å². The molecule has 2 saturated heterocycles. The largest absolute Gasteiger partial charge is 0.452 e. The van der Waals surface area contributed by atoms with E-state index >= 15 is 0 Å². The monoisotopic (exact) mass is 1060 g/mol. The molecule has 0 unspecified atom stereocenters. The molecule has 0 saturated carbocycles. The number of carbonyl (C=O) groups excluding carboxylic acids is 3. The number of rotatable bonds is 24. The molecule has 9 rings (SSSR count). The van der Waals surface area contributed by atoms with Crippen molar-refractivity contribution in [1.82, 2.24) is 0 Å². The lowest BCUT2D eigenvalue weighted by atomic mass is 9.97. The summed E-state index contributed by atoms with van der Waals surface area (Å²) in [5, 5.41) is 0. The summed E-state index contributed by atoms with van der Waals surface area (Å²) in [6, 6.07) is 64.6. The summed E-state index contributed by atoms with van der Waals surface area (Å²) in [5.41, 5.74) is 3.50. The number of benzene rings is 7. The summed E-state index contributed by atoms with van der Waals surface area (Å²) < 4.78 is 67.2. The number of hydrogen-bond donors (Lipinski definition) is 0. The van der Waals surface area contributed by atoms with Gasteiger partial charge >= 0.3 is 17.9 Å². The second-order valence-electron chi connectivity index (χ2n) is 18.4. The zero-order valence-corrected chi connectivity index (χ0v) is 43.5. The summed E-state index contributed by atoms with van der Waals surface area (Å²) in [5.74, 6) is -1.66. The average Bonchev–Trinajstić information content (AvgIpc) is 3.48. The van der Waals surface area contributed by atoms with Gasteiger partial charge in [0, 0.05) is 0 Å². The number of hydrogen-bond acceptors (Lipinski definition) is 14. The molecule has 398 valence electrons. The molecule has 0 aliphatic carbocycles. The first kappa shape index (κ1) is 54.8. The van der Waals surface area contributed by atoms with E-state index in [1.807, 2.05) is 128 Å². The Labute approximate surface area is 453 Å². The maximum absolute atomic E-state index is 14.3. The Morgan fingerprint density at radius 2 is 0.740 bits per heavy atom. The fraction of sp³-hybridized carbons (Fsp3) is 0.286. The van der Waals surface area contributed by atoms with Crippen molar-refractivity contribution in [1.29, 1.82) is 0 Å². The van der Waals surface area contributed by atoms with E-state index in [1.54, 1.807) is 91.0 Å². The van der Waals surface area contributed by atoms with Crippen LogP contribution in [0.15, 0.2) is 212 Å². The van der Waals surface area contributed by atoms with Crippen LogP contribution in [0, 0.1) is 0 Å². The van der Waals surface area contributed by atoms with E-state index in [9.17, 15) is 14.4 Å². The normalized spacial score (nSPS) is 23.1. The Hall–Kier alpha value is -6.98. The molecule has 10 atom stereocenters. The second-order valence-corrected chi connectivity index (χ2v) is 19.7. The van der Waals surface area contributed by atoms with Gasteiger partial charge in [-0.2, -0.15) is 0 Å². The smallest absolute Gasteiger partial charge is 0.338 e. The molecule has 0 amide bonds. The molecular formula is C63H62O13S. The minimum absolute atomic E-state index is 0.0727. The fourth-order valence-corrected chi connectivity index (χ4v) is 10.0. The van der Waals surface area contributed by atoms with Crippen molar-refractivity contribution >= 4 is 29.7 Å². The second kappa shape index (κ2) is 28.4. The van der Waals surface area contributed by atoms with Crippen molar-refractivity contribution < 1.29 is 61.8 Å². The topological polar surface area (TPSA) is 144 Å². The predicted octanol–water partition coefficient (Wildman–Crippen LogP) is 10.9. The van der Waals surface area contributed by atoms with Crippen LogP contribution in [-0.4, -0.2) is 97.4 Å². The highest BCUT2D eigenvalue weighted by atomic mass is 32.2. The van der Waals surface area contributed by atoms with Crippen LogP contribution in [0.4, 0.5) is 0 Å². The number of ether oxygens (including phenoxy) is 10. The molecule has 2 aliphatic rings. The Morgan fingerprint density at radius 1 is 0.377 bits per heavy atom. The first-order valence-corrected chi connectivity index (χ1v) is 26.9. The minimum Gasteiger partial charge on any atom is -0.452 e. The lowest BCUT2D eigenvalue weighted by Crippen LogP contribution is -2.64. The van der Waals surface area contributed by atoms with E-state index < -0.39 is 78.5 Å². The molecule has 0 N–H and O–H groups in total. The third-order valence-electron chi connectivity index (χ3n) is 12.9. The van der Waals surface area contributed by atoms with Crippen LogP contribution < -0.4 is 0 Å². The van der Waals surface area contributed by atoms with Crippen LogP contribution in [0.1, 0.15) is 60.3 Å². The molecule has 0 aromatic heterocycles. The fourth-order valence-electron chi connectivity index (χ4n) is 9.08. The molecule has 77 heavy (non-hydrogen) atoms. The highest BCUT2D eigenvalue weighted by Gasteiger charge is 2.54. The molecule has 7 aromatic carbocycles. The van der Waals surface area contributed by atoms with Gasteiger partial charge in [0.2, 0.25) is 0 Å². The van der Waals surface area contributed by atoms with Crippen LogP contribution >= 0.6 is 11.8 Å². The molecule has 7 aromatic rings. The summed E-state index contributed by atoms with van der Waals surface area (Å²) in [6.07, 6.45) is -9.77. The molecule has 0 radical (unpaired) electrons. The Balaban J connectivity index is 1.09. The van der Waals surface area contributed by atoms with E-state index in [1.165, 1.54) is 11.8 Å². The van der Waals surface area contributed by atoms with Gasteiger partial charge in [0.05, 0.1) is 56.3 Å². The lowest BCUT2D eigenvalue weighted by Gasteiger charge is -2.47. The van der Waals surface area contributed by atoms with Crippen molar-refractivity contribution in [3.8, 4) is 0 Å². The van der Waals surface area contributed by atoms with Crippen molar-refractivity contribution in [2.24, 2.45) is 0 Å². The zero-order valence-electron chi connectivity index (χ0n) is 42.6. The van der Waals surface area contributed by atoms with Gasteiger partial charge in [-0.3, -0.25) is 0 Å². The third-order valence-corrected chi connectivity index (χ3v) is 14.0. The predicted molar refractivity (Wildman–Crippen MR) is 289 cm³/mol. The van der Waals surface area contributed by atoms with Gasteiger partial charge in [-0.15, -0.1) is 11.8 Å². The maximum Gasteiger partial charge on any atom is 0.338 e. The van der Waals surface area contributed by atoms with Gasteiger partial charge in [0.25, 0.3) is 0 Å². The van der Waals surface area contributed by atoms with E-state index in [-0.39, 0.29) is 49.7 Å². The summed E-state index contributed by atoms with van der Waals surface area (Å²) >= 11 is 1.33. The zero-order chi connectivity index (χ0) is 53.0. The van der Waals surface area contributed by atoms with Gasteiger partial charge in [-0.25, -0.2) is 14.4 Å². The summed E-state index contributed by atoms with van der Waals surface area (Å²) in [7, 11) is 0. The maximum atomic E-state index is 14.3. The van der Waals surface area contributed by atoms with Crippen molar-refractivity contribution in [3.63, 3.8) is 0 Å². The van der Waals surface area contributed by atoms with E-state index in [4.69, 9.17) is 47.4 Å². The Kier molecular flexibility index (Phi) is 20.2. The van der Waals surface area contributed by atoms with E-state index in [0.29, 0.717) is 12.4 Å². The molecule has 0 spiro atoms. The van der Waals surface area contributed by atoms with Crippen molar-refractivity contribution in [2.45, 2.75) is 93.9 Å². The Bertz CT molecular complexity index is 2850. The first-order valence-electron chi connectivity index (χ1n) is 25.8. The highest BCUT2D eigenvalue weighted by Crippen LogP contribution is 2.37. The number of carbonyl (C=O) groups is 3. The standard InChI is InChI=1S/C63H62O13S/c1-2-77-63-58(76-61(66)50-36-22-9-23-37-50)56(75-60(65)49-34-20-8-21-35-49)54(74-59(64)48-32-18-7-19-33-48)52(73-63)43-71-62-57(70-41-47-30-16-6-17-31-47)55(69-40-46-28-14-5-15-29-46)53(68-39-45-26-12-4-13-27-45)51(72-62)42-67-38-44-24-10-3-11-25-44/h3-37,51-58,62-63H,2,38-43H2,1H3/t51-,52-,53-,54-,55+,56+,57-,58-,62-,63+/m1/s1. The highest BCUT2D eigenvalue weighted by molar-refractivity contribution is 7.99. The van der Waals surface area contributed by atoms with Gasteiger partial charge in [0.15, 0.2) is 24.6 Å². The molecule has 14 heteroatoms. The van der Waals surface area contributed by atoms with E-state index in [0.717, 1.165) is 22.3 Å². The van der Waals surface area contributed by atoms with E-state index in [2.05, 4.69) is 0 Å². The molecule has 2 aliphatic heterocycles. The molecule has 2 fully saturated rings. The first-order chi connectivity index (χ1) is 37.9. The van der Waals surface area contributed by atoms with Crippen LogP contribution in [0.5, 0.6) is 0 Å². The number of esters is 3. The average molecular weight is 1060 g/mol. The Morgan fingerprint density at radius 3 is 1.18 bits per heavy atom. The third kappa shape index (κ3) is 15.4. The van der Waals surface area contributed by atoms with Crippen LogP contribution in [0.3, 0.4) is 0 Å². The van der Waals surface area contributed by atoms with Gasteiger partial charge in [-0.05, 0) is 64.4 Å². The van der Waals surface area contributed by atoms with Gasteiger partial charge < -0.3 is 47.4 Å². The molecule has 2 heterocycles.